The number of likely N-dealkylation sites (tertiary alicyclic amines) is 1. The van der Waals surface area contributed by atoms with Crippen LogP contribution in [-0.4, -0.2) is 52.2 Å². The number of ether oxygens (including phenoxy) is 1. The fourth-order valence-electron chi connectivity index (χ4n) is 2.11. The number of aromatic nitrogens is 2. The molecule has 1 aromatic rings. The normalized spacial score (nSPS) is 17.4. The molecule has 2 heterocycles. The molecule has 0 aliphatic carbocycles. The molecule has 1 fully saturated rings. The minimum absolute atomic E-state index is 0.0962. The molecule has 19 heavy (non-hydrogen) atoms. The first kappa shape index (κ1) is 13.5. The third-order valence-corrected chi connectivity index (χ3v) is 3.11. The highest BCUT2D eigenvalue weighted by molar-refractivity contribution is 5.97. The summed E-state index contributed by atoms with van der Waals surface area (Å²) in [6.07, 6.45) is 6.81. The van der Waals surface area contributed by atoms with E-state index in [0.29, 0.717) is 12.5 Å². The van der Waals surface area contributed by atoms with E-state index in [9.17, 15) is 0 Å². The molecule has 7 nitrogen and oxygen atoms in total. The van der Waals surface area contributed by atoms with E-state index in [1.807, 2.05) is 0 Å². The smallest absolute Gasteiger partial charge is 0.244 e. The third kappa shape index (κ3) is 3.78. The van der Waals surface area contributed by atoms with Crippen LogP contribution >= 0.6 is 0 Å². The van der Waals surface area contributed by atoms with Crippen LogP contribution in [0.5, 0.6) is 5.88 Å². The molecule has 0 saturated carbocycles. The Morgan fingerprint density at radius 2 is 2.05 bits per heavy atom. The molecule has 1 aliphatic rings. The average Bonchev–Trinajstić information content (AvgIpc) is 2.48. The van der Waals surface area contributed by atoms with Crippen molar-refractivity contribution < 1.29 is 9.94 Å². The summed E-state index contributed by atoms with van der Waals surface area (Å²) in [5.41, 5.74) is 5.78. The maximum Gasteiger partial charge on any atom is 0.244 e. The van der Waals surface area contributed by atoms with Crippen molar-refractivity contribution in [1.82, 2.24) is 14.9 Å². The topological polar surface area (TPSA) is 96.9 Å². The molecule has 0 radical (unpaired) electrons. The van der Waals surface area contributed by atoms with Gasteiger partial charge < -0.3 is 15.7 Å². The van der Waals surface area contributed by atoms with Crippen LogP contribution in [0.4, 0.5) is 0 Å². The van der Waals surface area contributed by atoms with Gasteiger partial charge in [0, 0.05) is 18.9 Å². The number of nitrogens with two attached hydrogens (primary N) is 1. The van der Waals surface area contributed by atoms with Crippen molar-refractivity contribution in [3.8, 4) is 5.88 Å². The Morgan fingerprint density at radius 1 is 1.32 bits per heavy atom. The first-order chi connectivity index (χ1) is 9.31. The lowest BCUT2D eigenvalue weighted by molar-refractivity contribution is 0.180. The number of piperidine rings is 1. The van der Waals surface area contributed by atoms with Crippen molar-refractivity contribution in [2.75, 3.05) is 26.2 Å². The van der Waals surface area contributed by atoms with Gasteiger partial charge in [0.25, 0.3) is 0 Å². The van der Waals surface area contributed by atoms with E-state index in [0.717, 1.165) is 19.6 Å². The highest BCUT2D eigenvalue weighted by atomic mass is 16.5. The summed E-state index contributed by atoms with van der Waals surface area (Å²) in [7, 11) is 0. The summed E-state index contributed by atoms with van der Waals surface area (Å²) >= 11 is 0. The lowest BCUT2D eigenvalue weighted by atomic mass is 10.1. The largest absolute Gasteiger partial charge is 0.475 e. The van der Waals surface area contributed by atoms with Crippen LogP contribution in [0.3, 0.4) is 0 Å². The maximum atomic E-state index is 8.67. The first-order valence-electron chi connectivity index (χ1n) is 6.45. The molecule has 0 bridgehead atoms. The minimum Gasteiger partial charge on any atom is -0.475 e. The number of amidine groups is 1. The quantitative estimate of drug-likeness (QED) is 0.347. The second kappa shape index (κ2) is 6.89. The molecule has 1 aromatic heterocycles. The van der Waals surface area contributed by atoms with Gasteiger partial charge in [-0.1, -0.05) is 11.6 Å². The predicted octanol–water partition coefficient (Wildman–Crippen LogP) is 0.436. The molecule has 104 valence electrons. The Hall–Kier alpha value is -1.89. The lowest BCUT2D eigenvalue weighted by Crippen LogP contribution is -2.33. The molecular weight excluding hydrogens is 246 g/mol. The fraction of sp³-hybridized carbons (Fsp3) is 0.583. The summed E-state index contributed by atoms with van der Waals surface area (Å²) in [5, 5.41) is 11.6. The van der Waals surface area contributed by atoms with E-state index in [-0.39, 0.29) is 11.5 Å². The van der Waals surface area contributed by atoms with E-state index in [2.05, 4.69) is 20.0 Å². The zero-order chi connectivity index (χ0) is 13.5. The Kier molecular flexibility index (Phi) is 4.91. The molecule has 1 aliphatic heterocycles. The van der Waals surface area contributed by atoms with Gasteiger partial charge in [0.1, 0.15) is 6.61 Å². The van der Waals surface area contributed by atoms with Gasteiger partial charge >= 0.3 is 0 Å². The predicted molar refractivity (Wildman–Crippen MR) is 70.3 cm³/mol. The Labute approximate surface area is 112 Å². The van der Waals surface area contributed by atoms with Gasteiger partial charge in [0.2, 0.25) is 5.88 Å². The monoisotopic (exact) mass is 265 g/mol. The Balaban J connectivity index is 1.88. The van der Waals surface area contributed by atoms with Crippen LogP contribution in [0, 0.1) is 0 Å². The number of hydrogen-bond acceptors (Lipinski definition) is 6. The summed E-state index contributed by atoms with van der Waals surface area (Å²) in [5.74, 6) is 0.205. The van der Waals surface area contributed by atoms with Gasteiger partial charge in [-0.2, -0.15) is 0 Å². The molecule has 0 amide bonds. The van der Waals surface area contributed by atoms with E-state index < -0.39 is 0 Å². The highest BCUT2D eigenvalue weighted by Crippen LogP contribution is 2.12. The zero-order valence-corrected chi connectivity index (χ0v) is 10.8. The second-order valence-corrected chi connectivity index (χ2v) is 4.45. The summed E-state index contributed by atoms with van der Waals surface area (Å²) in [6.45, 7) is 3.62. The molecular formula is C12H19N5O2. The van der Waals surface area contributed by atoms with Gasteiger partial charge in [0.15, 0.2) is 11.5 Å². The number of rotatable bonds is 5. The molecule has 7 heteroatoms. The van der Waals surface area contributed by atoms with E-state index in [1.54, 1.807) is 0 Å². The van der Waals surface area contributed by atoms with E-state index >= 15 is 0 Å². The van der Waals surface area contributed by atoms with Crippen LogP contribution < -0.4 is 10.5 Å². The lowest BCUT2D eigenvalue weighted by Gasteiger charge is -2.26. The van der Waals surface area contributed by atoms with Crippen molar-refractivity contribution in [3.63, 3.8) is 0 Å². The van der Waals surface area contributed by atoms with Gasteiger partial charge in [-0.05, 0) is 25.9 Å². The number of oxime groups is 1. The average molecular weight is 265 g/mol. The number of nitrogens with zero attached hydrogens (tertiary/aromatic N) is 4. The van der Waals surface area contributed by atoms with Crippen molar-refractivity contribution in [1.29, 1.82) is 0 Å². The highest BCUT2D eigenvalue weighted by Gasteiger charge is 2.13. The standard InChI is InChI=1S/C12H19N5O2/c13-11(16-18)10-12(15-5-4-14-10)19-9-8-17-6-2-1-3-7-17/h4-5,18H,1-3,6-9H2,(H2,13,16). The SMILES string of the molecule is NC(=NO)c1nccnc1OCCN1CCCCC1. The van der Waals surface area contributed by atoms with Crippen LogP contribution in [-0.2, 0) is 0 Å². The maximum absolute atomic E-state index is 8.67. The molecule has 0 atom stereocenters. The molecule has 0 unspecified atom stereocenters. The van der Waals surface area contributed by atoms with Crippen molar-refractivity contribution in [3.05, 3.63) is 18.1 Å². The second-order valence-electron chi connectivity index (χ2n) is 4.45. The van der Waals surface area contributed by atoms with Gasteiger partial charge in [-0.15, -0.1) is 0 Å². The van der Waals surface area contributed by atoms with Crippen LogP contribution in [0.2, 0.25) is 0 Å². The van der Waals surface area contributed by atoms with Crippen LogP contribution in [0.1, 0.15) is 25.0 Å². The fourth-order valence-corrected chi connectivity index (χ4v) is 2.11. The third-order valence-electron chi connectivity index (χ3n) is 3.11. The zero-order valence-electron chi connectivity index (χ0n) is 10.8. The molecule has 3 N–H and O–H groups in total. The Bertz CT molecular complexity index is 432. The van der Waals surface area contributed by atoms with Crippen molar-refractivity contribution >= 4 is 5.84 Å². The number of hydrogen-bond donors (Lipinski definition) is 2. The minimum atomic E-state index is -0.0962. The summed E-state index contributed by atoms with van der Waals surface area (Å²) in [4.78, 5) is 10.4. The van der Waals surface area contributed by atoms with E-state index in [4.69, 9.17) is 15.7 Å². The molecule has 2 rings (SSSR count). The molecule has 0 aromatic carbocycles. The molecule has 1 saturated heterocycles. The van der Waals surface area contributed by atoms with Crippen molar-refractivity contribution in [2.24, 2.45) is 10.9 Å². The van der Waals surface area contributed by atoms with E-state index in [1.165, 1.54) is 31.7 Å². The van der Waals surface area contributed by atoms with Gasteiger partial charge in [0.05, 0.1) is 0 Å². The van der Waals surface area contributed by atoms with Gasteiger partial charge in [-0.25, -0.2) is 9.97 Å². The first-order valence-corrected chi connectivity index (χ1v) is 6.45. The van der Waals surface area contributed by atoms with Gasteiger partial charge in [-0.3, -0.25) is 4.90 Å². The van der Waals surface area contributed by atoms with Crippen molar-refractivity contribution in [2.45, 2.75) is 19.3 Å². The summed E-state index contributed by atoms with van der Waals surface area (Å²) in [6, 6.07) is 0. The van der Waals surface area contributed by atoms with Crippen LogP contribution in [0.25, 0.3) is 0 Å². The molecule has 0 spiro atoms. The summed E-state index contributed by atoms with van der Waals surface area (Å²) < 4.78 is 5.58. The Morgan fingerprint density at radius 3 is 2.79 bits per heavy atom. The van der Waals surface area contributed by atoms with Crippen LogP contribution in [0.15, 0.2) is 17.5 Å².